The van der Waals surface area contributed by atoms with Gasteiger partial charge in [0.1, 0.15) is 0 Å². The van der Waals surface area contributed by atoms with E-state index in [0.29, 0.717) is 0 Å². The average molecular weight is 283 g/mol. The van der Waals surface area contributed by atoms with Crippen LogP contribution in [-0.4, -0.2) is 13.0 Å². The molecule has 0 aliphatic carbocycles. The Morgan fingerprint density at radius 3 is 2.60 bits per heavy atom. The Kier molecular flexibility index (Phi) is 6.22. The molecule has 0 spiro atoms. The molecule has 1 aromatic carbocycles. The molecule has 2 nitrogen and oxygen atoms in total. The molecule has 0 atom stereocenters. The second kappa shape index (κ2) is 6.34. The summed E-state index contributed by atoms with van der Waals surface area (Å²) in [5.74, 6) is -0.691. The van der Waals surface area contributed by atoms with Crippen molar-refractivity contribution in [1.29, 1.82) is 0 Å². The van der Waals surface area contributed by atoms with Crippen LogP contribution in [0.3, 0.4) is 0 Å². The second-order valence-corrected chi connectivity index (χ2v) is 3.42. The van der Waals surface area contributed by atoms with Gasteiger partial charge in [-0.1, -0.05) is 13.8 Å². The summed E-state index contributed by atoms with van der Waals surface area (Å²) in [4.78, 5) is 12.8. The fourth-order valence-corrected chi connectivity index (χ4v) is 1.16. The van der Waals surface area contributed by atoms with Crippen LogP contribution in [0.4, 0.5) is 10.1 Å². The number of nitrogens with zero attached hydrogens (tertiary/aromatic N) is 1. The molecule has 0 aliphatic heterocycles. The van der Waals surface area contributed by atoms with Crippen LogP contribution in [0, 0.1) is 17.8 Å². The Morgan fingerprint density at radius 1 is 1.53 bits per heavy atom. The number of amides is 1. The van der Waals surface area contributed by atoms with E-state index in [1.807, 2.05) is 0 Å². The first-order valence-electron chi connectivity index (χ1n) is 4.47. The molecule has 0 fully saturated rings. The summed E-state index contributed by atoms with van der Waals surface area (Å²) in [6.45, 7) is 3.55. The maximum Gasteiger partial charge on any atom is 0.227 e. The zero-order chi connectivity index (χ0) is 10.7. The van der Waals surface area contributed by atoms with Gasteiger partial charge in [0.05, 0.1) is 0 Å². The van der Waals surface area contributed by atoms with Gasteiger partial charge in [0.25, 0.3) is 0 Å². The SMILES string of the molecule is CC(C)C(=O)N(C)c1[c-]cccc1F.[Y]. The summed E-state index contributed by atoms with van der Waals surface area (Å²) in [7, 11) is 1.55. The smallest absolute Gasteiger partial charge is 0.227 e. The van der Waals surface area contributed by atoms with Gasteiger partial charge in [0.15, 0.2) is 0 Å². The van der Waals surface area contributed by atoms with Gasteiger partial charge >= 0.3 is 0 Å². The summed E-state index contributed by atoms with van der Waals surface area (Å²) in [6.07, 6.45) is 0. The largest absolute Gasteiger partial charge is 0.336 e. The maximum atomic E-state index is 13.2. The number of benzene rings is 1. The minimum absolute atomic E-state index is 0. The topological polar surface area (TPSA) is 20.3 Å². The van der Waals surface area contributed by atoms with Crippen molar-refractivity contribution in [2.24, 2.45) is 5.92 Å². The van der Waals surface area contributed by atoms with Crippen molar-refractivity contribution in [3.05, 3.63) is 30.1 Å². The van der Waals surface area contributed by atoms with Crippen molar-refractivity contribution in [2.75, 3.05) is 11.9 Å². The van der Waals surface area contributed by atoms with Gasteiger partial charge in [-0.05, 0) is 5.69 Å². The van der Waals surface area contributed by atoms with Crippen LogP contribution in [0.15, 0.2) is 18.2 Å². The molecule has 4 heteroatoms. The van der Waals surface area contributed by atoms with E-state index in [1.54, 1.807) is 33.0 Å². The number of halogens is 1. The van der Waals surface area contributed by atoms with E-state index in [-0.39, 0.29) is 50.2 Å². The first-order chi connectivity index (χ1) is 6.54. The number of para-hydroxylation sites is 1. The molecule has 1 radical (unpaired) electrons. The Balaban J connectivity index is 0.00000196. The first kappa shape index (κ1) is 14.7. The summed E-state index contributed by atoms with van der Waals surface area (Å²) in [6, 6.07) is 7.15. The standard InChI is InChI=1S/C11H13FNO.Y/c1-8(2)11(14)13(3)10-7-5-4-6-9(10)12;/h4-6,8H,1-3H3;/q-1;. The van der Waals surface area contributed by atoms with Gasteiger partial charge in [-0.25, -0.2) is 0 Å². The Morgan fingerprint density at radius 2 is 2.13 bits per heavy atom. The second-order valence-electron chi connectivity index (χ2n) is 3.42. The number of carbonyl (C=O) groups excluding carboxylic acids is 1. The molecule has 0 saturated carbocycles. The van der Waals surface area contributed by atoms with Crippen molar-refractivity contribution in [3.8, 4) is 0 Å². The Bertz CT molecular complexity index is 341. The summed E-state index contributed by atoms with van der Waals surface area (Å²) in [5.41, 5.74) is 0.200. The van der Waals surface area contributed by atoms with Gasteiger partial charge in [-0.3, -0.25) is 9.18 Å². The van der Waals surface area contributed by atoms with Crippen LogP contribution < -0.4 is 4.90 Å². The van der Waals surface area contributed by atoms with Gasteiger partial charge in [-0.15, -0.1) is 6.07 Å². The zero-order valence-corrected chi connectivity index (χ0v) is 12.0. The molecule has 1 aromatic rings. The molecule has 0 heterocycles. The molecule has 1 amide bonds. The Labute approximate surface area is 115 Å². The molecule has 0 saturated heterocycles. The number of anilines is 1. The van der Waals surface area contributed by atoms with E-state index in [1.165, 1.54) is 11.0 Å². The first-order valence-corrected chi connectivity index (χ1v) is 4.47. The van der Waals surface area contributed by atoms with Crippen LogP contribution in [0.25, 0.3) is 0 Å². The molecule has 0 aromatic heterocycles. The maximum absolute atomic E-state index is 13.2. The van der Waals surface area contributed by atoms with Gasteiger partial charge < -0.3 is 4.90 Å². The van der Waals surface area contributed by atoms with E-state index in [0.717, 1.165) is 0 Å². The third kappa shape index (κ3) is 3.65. The van der Waals surface area contributed by atoms with Crippen molar-refractivity contribution in [3.63, 3.8) is 0 Å². The van der Waals surface area contributed by atoms with Gasteiger partial charge in [0, 0.05) is 51.5 Å². The zero-order valence-electron chi connectivity index (χ0n) is 9.12. The molecular weight excluding hydrogens is 270 g/mol. The molecule has 0 unspecified atom stereocenters. The van der Waals surface area contributed by atoms with E-state index in [9.17, 15) is 9.18 Å². The van der Waals surface area contributed by atoms with Crippen LogP contribution in [0.5, 0.6) is 0 Å². The number of rotatable bonds is 2. The van der Waals surface area contributed by atoms with Crippen molar-refractivity contribution < 1.29 is 41.9 Å². The van der Waals surface area contributed by atoms with Crippen molar-refractivity contribution in [2.45, 2.75) is 13.8 Å². The number of hydrogen-bond acceptors (Lipinski definition) is 1. The summed E-state index contributed by atoms with van der Waals surface area (Å²) in [5, 5.41) is 0. The van der Waals surface area contributed by atoms with E-state index in [4.69, 9.17) is 0 Å². The van der Waals surface area contributed by atoms with Crippen LogP contribution in [-0.2, 0) is 37.5 Å². The van der Waals surface area contributed by atoms with Crippen LogP contribution in [0.1, 0.15) is 13.8 Å². The monoisotopic (exact) mass is 283 g/mol. The van der Waals surface area contributed by atoms with Crippen LogP contribution in [0.2, 0.25) is 0 Å². The molecule has 0 N–H and O–H groups in total. The Hall–Kier alpha value is -0.276. The quantitative estimate of drug-likeness (QED) is 0.762. The van der Waals surface area contributed by atoms with E-state index < -0.39 is 5.82 Å². The predicted octanol–water partition coefficient (Wildman–Crippen LogP) is 2.24. The third-order valence-corrected chi connectivity index (χ3v) is 1.94. The van der Waals surface area contributed by atoms with E-state index in [2.05, 4.69) is 6.07 Å². The minimum atomic E-state index is -0.427. The van der Waals surface area contributed by atoms with Crippen molar-refractivity contribution in [1.82, 2.24) is 0 Å². The third-order valence-electron chi connectivity index (χ3n) is 1.94. The summed E-state index contributed by atoms with van der Waals surface area (Å²) >= 11 is 0. The molecule has 15 heavy (non-hydrogen) atoms. The average Bonchev–Trinajstić information content (AvgIpc) is 2.16. The molecular formula is C11H13FNOY-. The number of carbonyl (C=O) groups is 1. The molecule has 1 rings (SSSR count). The minimum Gasteiger partial charge on any atom is -0.336 e. The summed E-state index contributed by atoms with van der Waals surface area (Å²) < 4.78 is 13.2. The fraction of sp³-hybridized carbons (Fsp3) is 0.364. The fourth-order valence-electron chi connectivity index (χ4n) is 1.16. The predicted molar refractivity (Wildman–Crippen MR) is 53.5 cm³/mol. The van der Waals surface area contributed by atoms with Gasteiger partial charge in [-0.2, -0.15) is 18.2 Å². The van der Waals surface area contributed by atoms with Crippen molar-refractivity contribution >= 4 is 11.6 Å². The molecule has 0 bridgehead atoms. The molecule has 0 aliphatic rings. The normalized spacial score (nSPS) is 9.67. The molecule has 79 valence electrons. The van der Waals surface area contributed by atoms with Gasteiger partial charge in [0.2, 0.25) is 5.91 Å². The van der Waals surface area contributed by atoms with Crippen LogP contribution >= 0.6 is 0 Å². The van der Waals surface area contributed by atoms with E-state index >= 15 is 0 Å². The number of hydrogen-bond donors (Lipinski definition) is 0.